The smallest absolute Gasteiger partial charge is 0.251 e. The van der Waals surface area contributed by atoms with Gasteiger partial charge in [0.1, 0.15) is 11.5 Å². The van der Waals surface area contributed by atoms with E-state index in [4.69, 9.17) is 4.74 Å². The van der Waals surface area contributed by atoms with Crippen molar-refractivity contribution < 1.29 is 18.3 Å². The Hall–Kier alpha value is -2.47. The third kappa shape index (κ3) is 4.33. The van der Waals surface area contributed by atoms with E-state index < -0.39 is 11.6 Å². The molecule has 2 unspecified atom stereocenters. The van der Waals surface area contributed by atoms with Gasteiger partial charge >= 0.3 is 0 Å². The summed E-state index contributed by atoms with van der Waals surface area (Å²) in [5.41, 5.74) is 0.531. The molecule has 1 saturated heterocycles. The lowest BCUT2D eigenvalue weighted by molar-refractivity contribution is 0.0914. The third-order valence-electron chi connectivity index (χ3n) is 4.35. The number of rotatable bonds is 4. The minimum absolute atomic E-state index is 0.127. The first-order valence-corrected chi connectivity index (χ1v) is 8.27. The summed E-state index contributed by atoms with van der Waals surface area (Å²) in [5, 5.41) is 6.35. The number of carbonyl (C=O) groups is 1. The normalized spacial score (nSPS) is 20.1. The molecule has 0 saturated carbocycles. The Morgan fingerprint density at radius 1 is 1.12 bits per heavy atom. The van der Waals surface area contributed by atoms with Crippen molar-refractivity contribution in [2.45, 2.75) is 19.4 Å². The molecule has 1 aliphatic heterocycles. The molecule has 2 N–H and O–H groups in total. The quantitative estimate of drug-likeness (QED) is 0.891. The van der Waals surface area contributed by atoms with Crippen LogP contribution in [0.1, 0.15) is 23.7 Å². The highest BCUT2D eigenvalue weighted by atomic mass is 19.2. The zero-order valence-electron chi connectivity index (χ0n) is 13.9. The minimum atomic E-state index is -0.968. The Bertz CT molecular complexity index is 750. The van der Waals surface area contributed by atoms with Gasteiger partial charge in [0.15, 0.2) is 11.6 Å². The van der Waals surface area contributed by atoms with Crippen LogP contribution in [0.5, 0.6) is 11.5 Å². The zero-order chi connectivity index (χ0) is 17.8. The van der Waals surface area contributed by atoms with Crippen LogP contribution in [0, 0.1) is 17.6 Å². The van der Waals surface area contributed by atoms with E-state index in [1.807, 2.05) is 0 Å². The molecule has 0 aliphatic carbocycles. The van der Waals surface area contributed by atoms with Gasteiger partial charge < -0.3 is 15.4 Å². The fourth-order valence-corrected chi connectivity index (χ4v) is 2.83. The summed E-state index contributed by atoms with van der Waals surface area (Å²) >= 11 is 0. The average molecular weight is 346 g/mol. The van der Waals surface area contributed by atoms with Crippen molar-refractivity contribution in [2.75, 3.05) is 13.1 Å². The fourth-order valence-electron chi connectivity index (χ4n) is 2.83. The molecule has 2 aromatic carbocycles. The Morgan fingerprint density at radius 3 is 2.52 bits per heavy atom. The summed E-state index contributed by atoms with van der Waals surface area (Å²) in [6.45, 7) is 3.90. The van der Waals surface area contributed by atoms with Gasteiger partial charge in [0.2, 0.25) is 0 Å². The second-order valence-corrected chi connectivity index (χ2v) is 6.25. The maximum absolute atomic E-state index is 13.2. The Morgan fingerprint density at radius 2 is 1.84 bits per heavy atom. The minimum Gasteiger partial charge on any atom is -0.457 e. The molecule has 132 valence electrons. The lowest BCUT2D eigenvalue weighted by atomic mass is 9.95. The second-order valence-electron chi connectivity index (χ2n) is 6.25. The predicted molar refractivity (Wildman–Crippen MR) is 90.8 cm³/mol. The largest absolute Gasteiger partial charge is 0.457 e. The Labute approximate surface area is 145 Å². The fraction of sp³-hybridized carbons (Fsp3) is 0.316. The van der Waals surface area contributed by atoms with E-state index in [9.17, 15) is 13.6 Å². The third-order valence-corrected chi connectivity index (χ3v) is 4.35. The van der Waals surface area contributed by atoms with Gasteiger partial charge in [0.25, 0.3) is 5.91 Å². The first kappa shape index (κ1) is 17.4. The molecule has 25 heavy (non-hydrogen) atoms. The number of piperidine rings is 1. The molecule has 4 nitrogen and oxygen atoms in total. The van der Waals surface area contributed by atoms with E-state index in [1.165, 1.54) is 6.07 Å². The molecule has 1 aliphatic rings. The van der Waals surface area contributed by atoms with Crippen LogP contribution >= 0.6 is 0 Å². The van der Waals surface area contributed by atoms with Crippen molar-refractivity contribution in [3.63, 3.8) is 0 Å². The van der Waals surface area contributed by atoms with Gasteiger partial charge in [-0.15, -0.1) is 0 Å². The van der Waals surface area contributed by atoms with Crippen molar-refractivity contribution in [1.82, 2.24) is 10.6 Å². The highest BCUT2D eigenvalue weighted by Gasteiger charge is 2.23. The van der Waals surface area contributed by atoms with E-state index in [2.05, 4.69) is 17.6 Å². The predicted octanol–water partition coefficient (Wildman–Crippen LogP) is 3.48. The van der Waals surface area contributed by atoms with Crippen molar-refractivity contribution in [1.29, 1.82) is 0 Å². The topological polar surface area (TPSA) is 50.4 Å². The summed E-state index contributed by atoms with van der Waals surface area (Å²) < 4.78 is 31.6. The van der Waals surface area contributed by atoms with E-state index in [0.29, 0.717) is 17.2 Å². The van der Waals surface area contributed by atoms with Crippen LogP contribution in [0.25, 0.3) is 0 Å². The number of halogens is 2. The summed E-state index contributed by atoms with van der Waals surface area (Å²) in [5.74, 6) is -1.000. The van der Waals surface area contributed by atoms with E-state index in [1.54, 1.807) is 24.3 Å². The van der Waals surface area contributed by atoms with Crippen LogP contribution in [0.2, 0.25) is 0 Å². The molecule has 0 bridgehead atoms. The SMILES string of the molecule is CC1CNCCC1NC(=O)c1ccc(Oc2ccc(F)c(F)c2)cc1. The number of carbonyl (C=O) groups excluding carboxylic acids is 1. The molecule has 2 atom stereocenters. The maximum atomic E-state index is 13.2. The van der Waals surface area contributed by atoms with Gasteiger partial charge in [-0.05, 0) is 61.8 Å². The number of ether oxygens (including phenoxy) is 1. The van der Waals surface area contributed by atoms with Crippen LogP contribution < -0.4 is 15.4 Å². The lowest BCUT2D eigenvalue weighted by Gasteiger charge is -2.30. The van der Waals surface area contributed by atoms with E-state index in [0.717, 1.165) is 31.6 Å². The first-order chi connectivity index (χ1) is 12.0. The molecule has 3 rings (SSSR count). The molecule has 0 radical (unpaired) electrons. The van der Waals surface area contributed by atoms with Gasteiger partial charge in [0, 0.05) is 17.7 Å². The van der Waals surface area contributed by atoms with Gasteiger partial charge in [-0.25, -0.2) is 8.78 Å². The summed E-state index contributed by atoms with van der Waals surface area (Å²) in [6.07, 6.45) is 0.907. The second kappa shape index (κ2) is 7.61. The van der Waals surface area contributed by atoms with Crippen LogP contribution in [-0.2, 0) is 0 Å². The van der Waals surface area contributed by atoms with Crippen molar-refractivity contribution in [2.24, 2.45) is 5.92 Å². The number of hydrogen-bond donors (Lipinski definition) is 2. The van der Waals surface area contributed by atoms with Crippen molar-refractivity contribution >= 4 is 5.91 Å². The molecular formula is C19H20F2N2O2. The van der Waals surface area contributed by atoms with Gasteiger partial charge in [-0.2, -0.15) is 0 Å². The molecule has 1 heterocycles. The van der Waals surface area contributed by atoms with Gasteiger partial charge in [-0.1, -0.05) is 6.92 Å². The summed E-state index contributed by atoms with van der Waals surface area (Å²) in [6, 6.07) is 10.0. The van der Waals surface area contributed by atoms with Crippen molar-refractivity contribution in [3.05, 3.63) is 59.7 Å². The zero-order valence-corrected chi connectivity index (χ0v) is 13.9. The molecule has 0 spiro atoms. The summed E-state index contributed by atoms with van der Waals surface area (Å²) in [7, 11) is 0. The van der Waals surface area contributed by atoms with Crippen LogP contribution in [0.3, 0.4) is 0 Å². The van der Waals surface area contributed by atoms with Crippen LogP contribution in [-0.4, -0.2) is 25.0 Å². The highest BCUT2D eigenvalue weighted by Crippen LogP contribution is 2.23. The van der Waals surface area contributed by atoms with Gasteiger partial charge in [-0.3, -0.25) is 4.79 Å². The van der Waals surface area contributed by atoms with Crippen LogP contribution in [0.15, 0.2) is 42.5 Å². The average Bonchev–Trinajstić information content (AvgIpc) is 2.61. The molecule has 0 aromatic heterocycles. The lowest BCUT2D eigenvalue weighted by Crippen LogP contribution is -2.48. The molecular weight excluding hydrogens is 326 g/mol. The van der Waals surface area contributed by atoms with Crippen LogP contribution in [0.4, 0.5) is 8.78 Å². The number of amides is 1. The first-order valence-electron chi connectivity index (χ1n) is 8.27. The van der Waals surface area contributed by atoms with Gasteiger partial charge in [0.05, 0.1) is 0 Å². The van der Waals surface area contributed by atoms with E-state index >= 15 is 0 Å². The molecule has 1 amide bonds. The Kier molecular flexibility index (Phi) is 5.28. The number of hydrogen-bond acceptors (Lipinski definition) is 3. The molecule has 6 heteroatoms. The standard InChI is InChI=1S/C19H20F2N2O2/c1-12-11-22-9-8-18(12)23-19(24)13-2-4-14(5-3-13)25-15-6-7-16(20)17(21)10-15/h2-7,10,12,18,22H,8-9,11H2,1H3,(H,23,24). The molecule has 2 aromatic rings. The monoisotopic (exact) mass is 346 g/mol. The summed E-state index contributed by atoms with van der Waals surface area (Å²) in [4.78, 5) is 12.3. The molecule has 1 fully saturated rings. The Balaban J connectivity index is 1.63. The highest BCUT2D eigenvalue weighted by molar-refractivity contribution is 5.94. The number of benzene rings is 2. The maximum Gasteiger partial charge on any atom is 0.251 e. The number of nitrogens with one attached hydrogen (secondary N) is 2. The van der Waals surface area contributed by atoms with E-state index in [-0.39, 0.29) is 17.7 Å². The van der Waals surface area contributed by atoms with Crippen molar-refractivity contribution in [3.8, 4) is 11.5 Å².